The molecule has 2 aromatic heterocycles. The van der Waals surface area contributed by atoms with E-state index in [2.05, 4.69) is 32.5 Å². The van der Waals surface area contributed by atoms with Crippen LogP contribution in [0, 0.1) is 6.92 Å². The Hall–Kier alpha value is -2.05. The second-order valence-corrected chi connectivity index (χ2v) is 4.18. The summed E-state index contributed by atoms with van der Waals surface area (Å²) >= 11 is 0. The Morgan fingerprint density at radius 2 is 2.33 bits per heavy atom. The minimum absolute atomic E-state index is 0.723. The van der Waals surface area contributed by atoms with Crippen LogP contribution in [-0.2, 0) is 13.0 Å². The zero-order valence-electron chi connectivity index (χ0n) is 10.8. The highest BCUT2D eigenvalue weighted by Gasteiger charge is 2.11. The number of rotatable bonds is 6. The second kappa shape index (κ2) is 5.52. The van der Waals surface area contributed by atoms with E-state index in [1.54, 1.807) is 0 Å². The molecule has 2 rings (SSSR count). The highest BCUT2D eigenvalue weighted by Crippen LogP contribution is 2.22. The fraction of sp³-hybridized carbons (Fsp3) is 0.545. The van der Waals surface area contributed by atoms with Crippen molar-refractivity contribution < 1.29 is 0 Å². The Labute approximate surface area is 106 Å². The highest BCUT2D eigenvalue weighted by atomic mass is 15.3. The molecular formula is C11H19N7. The first-order valence-corrected chi connectivity index (χ1v) is 6.13. The normalized spacial score (nSPS) is 10.8. The molecule has 0 unspecified atom stereocenters. The van der Waals surface area contributed by atoms with Gasteiger partial charge in [-0.05, 0) is 13.3 Å². The number of nitrogens with zero attached hydrogens (tertiary/aromatic N) is 4. The van der Waals surface area contributed by atoms with Crippen LogP contribution in [0.25, 0.3) is 0 Å². The molecule has 0 aliphatic rings. The zero-order chi connectivity index (χ0) is 13.0. The Bertz CT molecular complexity index is 486. The summed E-state index contributed by atoms with van der Waals surface area (Å²) in [5, 5.41) is 14.4. The quantitative estimate of drug-likeness (QED) is 0.708. The molecule has 0 amide bonds. The summed E-state index contributed by atoms with van der Waals surface area (Å²) in [7, 11) is 0. The van der Waals surface area contributed by atoms with Gasteiger partial charge in [-0.3, -0.25) is 5.10 Å². The molecule has 4 N–H and O–H groups in total. The third-order valence-corrected chi connectivity index (χ3v) is 2.73. The fourth-order valence-corrected chi connectivity index (χ4v) is 1.81. The van der Waals surface area contributed by atoms with Crippen molar-refractivity contribution in [3.8, 4) is 0 Å². The van der Waals surface area contributed by atoms with E-state index in [1.165, 1.54) is 6.33 Å². The lowest BCUT2D eigenvalue weighted by molar-refractivity contribution is 0.602. The van der Waals surface area contributed by atoms with Crippen molar-refractivity contribution >= 4 is 11.5 Å². The van der Waals surface area contributed by atoms with E-state index in [0.717, 1.165) is 49.0 Å². The number of nitrogens with one attached hydrogen (secondary N) is 2. The lowest BCUT2D eigenvalue weighted by atomic mass is 10.3. The van der Waals surface area contributed by atoms with E-state index < -0.39 is 0 Å². The van der Waals surface area contributed by atoms with Gasteiger partial charge in [0.15, 0.2) is 0 Å². The van der Waals surface area contributed by atoms with Crippen molar-refractivity contribution in [3.63, 3.8) is 0 Å². The molecule has 0 fully saturated rings. The van der Waals surface area contributed by atoms with Crippen molar-refractivity contribution in [2.24, 2.45) is 0 Å². The number of aromatic nitrogens is 5. The second-order valence-electron chi connectivity index (χ2n) is 4.18. The van der Waals surface area contributed by atoms with Gasteiger partial charge in [0.05, 0.1) is 11.4 Å². The molecule has 0 aliphatic carbocycles. The molecule has 2 aromatic rings. The number of H-pyrrole nitrogens is 1. The maximum absolute atomic E-state index is 6.01. The lowest BCUT2D eigenvalue weighted by Gasteiger charge is -2.09. The Morgan fingerprint density at radius 3 is 3.00 bits per heavy atom. The topological polar surface area (TPSA) is 97.4 Å². The standard InChI is InChI=1S/C11H19N7/c1-3-6-18-11(10(12)8(2)17-18)13-5-4-9-14-7-15-16-9/h7,13H,3-6,12H2,1-2H3,(H,14,15,16). The molecule has 0 aliphatic heterocycles. The van der Waals surface area contributed by atoms with Crippen LogP contribution in [0.15, 0.2) is 6.33 Å². The molecular weight excluding hydrogens is 230 g/mol. The van der Waals surface area contributed by atoms with Crippen molar-refractivity contribution in [2.75, 3.05) is 17.6 Å². The van der Waals surface area contributed by atoms with Crippen LogP contribution < -0.4 is 11.1 Å². The summed E-state index contributed by atoms with van der Waals surface area (Å²) in [6, 6.07) is 0. The van der Waals surface area contributed by atoms with Gasteiger partial charge >= 0.3 is 0 Å². The Balaban J connectivity index is 1.99. The average Bonchev–Trinajstić information content (AvgIpc) is 2.94. The summed E-state index contributed by atoms with van der Waals surface area (Å²) in [4.78, 5) is 4.07. The highest BCUT2D eigenvalue weighted by molar-refractivity contribution is 5.64. The van der Waals surface area contributed by atoms with Crippen LogP contribution in [0.3, 0.4) is 0 Å². The number of hydrogen-bond acceptors (Lipinski definition) is 5. The molecule has 0 spiro atoms. The van der Waals surface area contributed by atoms with E-state index in [0.29, 0.717) is 0 Å². The molecule has 0 atom stereocenters. The summed E-state index contributed by atoms with van der Waals surface area (Å²) in [5.74, 6) is 1.76. The van der Waals surface area contributed by atoms with Crippen LogP contribution in [-0.4, -0.2) is 31.5 Å². The zero-order valence-corrected chi connectivity index (χ0v) is 10.8. The molecule has 0 aromatic carbocycles. The van der Waals surface area contributed by atoms with Crippen LogP contribution in [0.1, 0.15) is 24.9 Å². The molecule has 0 radical (unpaired) electrons. The first-order valence-electron chi connectivity index (χ1n) is 6.13. The van der Waals surface area contributed by atoms with Gasteiger partial charge in [-0.1, -0.05) is 6.92 Å². The summed E-state index contributed by atoms with van der Waals surface area (Å²) in [6.07, 6.45) is 3.31. The lowest BCUT2D eigenvalue weighted by Crippen LogP contribution is -2.12. The van der Waals surface area contributed by atoms with Gasteiger partial charge in [0.1, 0.15) is 18.0 Å². The van der Waals surface area contributed by atoms with Gasteiger partial charge in [0.2, 0.25) is 0 Å². The number of aryl methyl sites for hydroxylation is 2. The molecule has 0 bridgehead atoms. The van der Waals surface area contributed by atoms with Gasteiger partial charge in [0, 0.05) is 19.5 Å². The van der Waals surface area contributed by atoms with E-state index in [4.69, 9.17) is 5.73 Å². The van der Waals surface area contributed by atoms with E-state index in [9.17, 15) is 0 Å². The molecule has 0 saturated carbocycles. The number of nitrogen functional groups attached to an aromatic ring is 1. The first kappa shape index (κ1) is 12.4. The summed E-state index contributed by atoms with van der Waals surface area (Å²) in [6.45, 7) is 5.64. The molecule has 98 valence electrons. The Kier molecular flexibility index (Phi) is 3.81. The van der Waals surface area contributed by atoms with Crippen LogP contribution in [0.5, 0.6) is 0 Å². The maximum atomic E-state index is 6.01. The van der Waals surface area contributed by atoms with Crippen LogP contribution in [0.2, 0.25) is 0 Å². The van der Waals surface area contributed by atoms with Crippen molar-refractivity contribution in [1.29, 1.82) is 0 Å². The maximum Gasteiger partial charge on any atom is 0.148 e. The molecule has 2 heterocycles. The number of nitrogens with two attached hydrogens (primary N) is 1. The molecule has 0 saturated heterocycles. The molecule has 7 heteroatoms. The predicted octanol–water partition coefficient (Wildman–Crippen LogP) is 0.956. The van der Waals surface area contributed by atoms with E-state index in [-0.39, 0.29) is 0 Å². The van der Waals surface area contributed by atoms with Gasteiger partial charge in [-0.15, -0.1) is 0 Å². The first-order chi connectivity index (χ1) is 8.72. The molecule has 7 nitrogen and oxygen atoms in total. The van der Waals surface area contributed by atoms with Crippen molar-refractivity contribution in [1.82, 2.24) is 25.0 Å². The van der Waals surface area contributed by atoms with E-state index >= 15 is 0 Å². The Morgan fingerprint density at radius 1 is 1.50 bits per heavy atom. The smallest absolute Gasteiger partial charge is 0.148 e. The van der Waals surface area contributed by atoms with Crippen molar-refractivity contribution in [2.45, 2.75) is 33.2 Å². The number of aromatic amines is 1. The van der Waals surface area contributed by atoms with Crippen LogP contribution in [0.4, 0.5) is 11.5 Å². The third kappa shape index (κ3) is 2.61. The van der Waals surface area contributed by atoms with Crippen LogP contribution >= 0.6 is 0 Å². The summed E-state index contributed by atoms with van der Waals surface area (Å²) in [5.41, 5.74) is 7.60. The van der Waals surface area contributed by atoms with Gasteiger partial charge < -0.3 is 11.1 Å². The fourth-order valence-electron chi connectivity index (χ4n) is 1.81. The van der Waals surface area contributed by atoms with E-state index in [1.807, 2.05) is 11.6 Å². The van der Waals surface area contributed by atoms with Gasteiger partial charge in [0.25, 0.3) is 0 Å². The average molecular weight is 249 g/mol. The monoisotopic (exact) mass is 249 g/mol. The minimum Gasteiger partial charge on any atom is -0.394 e. The number of anilines is 2. The SMILES string of the molecule is CCCn1nc(C)c(N)c1NCCc1ncn[nH]1. The minimum atomic E-state index is 0.723. The van der Waals surface area contributed by atoms with Crippen molar-refractivity contribution in [3.05, 3.63) is 17.8 Å². The predicted molar refractivity (Wildman–Crippen MR) is 70.2 cm³/mol. The largest absolute Gasteiger partial charge is 0.394 e. The van der Waals surface area contributed by atoms with Gasteiger partial charge in [-0.25, -0.2) is 9.67 Å². The summed E-state index contributed by atoms with van der Waals surface area (Å²) < 4.78 is 1.92. The van der Waals surface area contributed by atoms with Gasteiger partial charge in [-0.2, -0.15) is 10.2 Å². The number of hydrogen-bond donors (Lipinski definition) is 3. The molecule has 18 heavy (non-hydrogen) atoms. The third-order valence-electron chi connectivity index (χ3n) is 2.73.